The second-order valence-electron chi connectivity index (χ2n) is 4.27. The van der Waals surface area contributed by atoms with Gasteiger partial charge in [-0.05, 0) is 30.3 Å². The third kappa shape index (κ3) is 2.02. The Hall–Kier alpha value is -2.40. The van der Waals surface area contributed by atoms with Crippen LogP contribution in [0.2, 0.25) is 5.02 Å². The second kappa shape index (κ2) is 4.61. The fourth-order valence-corrected chi connectivity index (χ4v) is 2.28. The van der Waals surface area contributed by atoms with Crippen molar-refractivity contribution in [3.63, 3.8) is 0 Å². The summed E-state index contributed by atoms with van der Waals surface area (Å²) in [5.41, 5.74) is 0.763. The highest BCUT2D eigenvalue weighted by molar-refractivity contribution is 6.35. The van der Waals surface area contributed by atoms with Gasteiger partial charge in [-0.2, -0.15) is 0 Å². The van der Waals surface area contributed by atoms with E-state index in [2.05, 4.69) is 9.97 Å². The zero-order valence-corrected chi connectivity index (χ0v) is 10.8. The number of carbonyl (C=O) groups is 1. The SMILES string of the molecule is O=C(c1ccc2[nH]c(=O)[nH]c2c1)c1c(F)cccc1Cl. The zero-order chi connectivity index (χ0) is 14.3. The predicted octanol–water partition coefficient (Wildman–Crippen LogP) is 2.88. The van der Waals surface area contributed by atoms with Gasteiger partial charge in [0.1, 0.15) is 5.82 Å². The minimum atomic E-state index is -0.676. The van der Waals surface area contributed by atoms with Crippen LogP contribution in [0.25, 0.3) is 11.0 Å². The lowest BCUT2D eigenvalue weighted by Gasteiger charge is -2.05. The van der Waals surface area contributed by atoms with Crippen LogP contribution in [-0.2, 0) is 0 Å². The van der Waals surface area contributed by atoms with Gasteiger partial charge in [0.25, 0.3) is 0 Å². The van der Waals surface area contributed by atoms with Gasteiger partial charge >= 0.3 is 5.69 Å². The molecule has 3 rings (SSSR count). The number of rotatable bonds is 2. The summed E-state index contributed by atoms with van der Waals surface area (Å²) >= 11 is 5.87. The molecule has 0 aliphatic heterocycles. The van der Waals surface area contributed by atoms with Gasteiger partial charge in [0.15, 0.2) is 5.78 Å². The first-order valence-electron chi connectivity index (χ1n) is 5.77. The predicted molar refractivity (Wildman–Crippen MR) is 73.8 cm³/mol. The number of halogens is 2. The molecule has 3 aromatic rings. The highest BCUT2D eigenvalue weighted by atomic mass is 35.5. The summed E-state index contributed by atoms with van der Waals surface area (Å²) in [7, 11) is 0. The van der Waals surface area contributed by atoms with Crippen molar-refractivity contribution in [1.82, 2.24) is 9.97 Å². The molecule has 100 valence electrons. The molecule has 0 amide bonds. The van der Waals surface area contributed by atoms with Crippen molar-refractivity contribution in [2.45, 2.75) is 0 Å². The number of hydrogen-bond acceptors (Lipinski definition) is 2. The number of carbonyl (C=O) groups excluding carboxylic acids is 1. The fraction of sp³-hybridized carbons (Fsp3) is 0. The summed E-state index contributed by atoms with van der Waals surface area (Å²) in [5.74, 6) is -1.21. The minimum absolute atomic E-state index is 0.0534. The third-order valence-electron chi connectivity index (χ3n) is 2.97. The molecule has 2 N–H and O–H groups in total. The number of fused-ring (bicyclic) bond motifs is 1. The van der Waals surface area contributed by atoms with Gasteiger partial charge in [-0.3, -0.25) is 4.79 Å². The Kier molecular flexibility index (Phi) is 2.91. The molecule has 20 heavy (non-hydrogen) atoms. The molecule has 6 heteroatoms. The monoisotopic (exact) mass is 290 g/mol. The van der Waals surface area contributed by atoms with E-state index in [4.69, 9.17) is 11.6 Å². The highest BCUT2D eigenvalue weighted by Gasteiger charge is 2.18. The largest absolute Gasteiger partial charge is 0.323 e. The second-order valence-corrected chi connectivity index (χ2v) is 4.67. The van der Waals surface area contributed by atoms with Crippen molar-refractivity contribution in [3.05, 3.63) is 68.8 Å². The molecule has 0 unspecified atom stereocenters. The first kappa shape index (κ1) is 12.6. The Morgan fingerprint density at radius 1 is 1.10 bits per heavy atom. The van der Waals surface area contributed by atoms with Gasteiger partial charge in [0, 0.05) is 5.56 Å². The molecule has 0 atom stereocenters. The average molecular weight is 291 g/mol. The van der Waals surface area contributed by atoms with E-state index in [-0.39, 0.29) is 21.8 Å². The summed E-state index contributed by atoms with van der Waals surface area (Å²) < 4.78 is 13.7. The van der Waals surface area contributed by atoms with Crippen LogP contribution in [0, 0.1) is 5.82 Å². The number of nitrogens with one attached hydrogen (secondary N) is 2. The molecule has 1 aromatic heterocycles. The number of imidazole rings is 1. The maximum Gasteiger partial charge on any atom is 0.323 e. The van der Waals surface area contributed by atoms with Crippen molar-refractivity contribution >= 4 is 28.4 Å². The number of H-pyrrole nitrogens is 2. The van der Waals surface area contributed by atoms with Crippen LogP contribution < -0.4 is 5.69 Å². The van der Waals surface area contributed by atoms with Crippen LogP contribution in [-0.4, -0.2) is 15.8 Å². The Morgan fingerprint density at radius 2 is 1.85 bits per heavy atom. The van der Waals surface area contributed by atoms with Crippen LogP contribution in [0.15, 0.2) is 41.2 Å². The van der Waals surface area contributed by atoms with Crippen LogP contribution in [0.4, 0.5) is 4.39 Å². The van der Waals surface area contributed by atoms with E-state index in [0.717, 1.165) is 0 Å². The van der Waals surface area contributed by atoms with E-state index in [9.17, 15) is 14.0 Å². The molecular formula is C14H8ClFN2O2. The van der Waals surface area contributed by atoms with E-state index in [1.807, 2.05) is 0 Å². The lowest BCUT2D eigenvalue weighted by molar-refractivity contribution is 0.103. The summed E-state index contributed by atoms with van der Waals surface area (Å²) in [4.78, 5) is 28.6. The van der Waals surface area contributed by atoms with Crippen molar-refractivity contribution in [1.29, 1.82) is 0 Å². The van der Waals surface area contributed by atoms with E-state index in [0.29, 0.717) is 11.0 Å². The number of ketones is 1. The lowest BCUT2D eigenvalue weighted by Crippen LogP contribution is -2.05. The molecule has 0 radical (unpaired) electrons. The highest BCUT2D eigenvalue weighted by Crippen LogP contribution is 2.23. The fourth-order valence-electron chi connectivity index (χ4n) is 2.03. The van der Waals surface area contributed by atoms with Gasteiger partial charge < -0.3 is 9.97 Å². The molecule has 0 aliphatic rings. The number of hydrogen-bond donors (Lipinski definition) is 2. The van der Waals surface area contributed by atoms with Crippen molar-refractivity contribution in [3.8, 4) is 0 Å². The molecule has 0 bridgehead atoms. The molecule has 0 aliphatic carbocycles. The summed E-state index contributed by atoms with van der Waals surface area (Å²) in [6.45, 7) is 0. The van der Waals surface area contributed by atoms with Gasteiger partial charge in [0.2, 0.25) is 0 Å². The topological polar surface area (TPSA) is 65.7 Å². The molecule has 0 saturated carbocycles. The van der Waals surface area contributed by atoms with Crippen LogP contribution in [0.3, 0.4) is 0 Å². The van der Waals surface area contributed by atoms with E-state index >= 15 is 0 Å². The van der Waals surface area contributed by atoms with E-state index < -0.39 is 11.6 Å². The Morgan fingerprint density at radius 3 is 2.60 bits per heavy atom. The first-order valence-corrected chi connectivity index (χ1v) is 6.15. The van der Waals surface area contributed by atoms with E-state index in [1.54, 1.807) is 6.07 Å². The summed E-state index contributed by atoms with van der Waals surface area (Å²) in [6.07, 6.45) is 0. The average Bonchev–Trinajstić information content (AvgIpc) is 2.77. The standard InChI is InChI=1S/C14H8ClFN2O2/c15-8-2-1-3-9(16)12(8)13(19)7-4-5-10-11(6-7)18-14(20)17-10/h1-6H,(H2,17,18,20). The molecule has 1 heterocycles. The molecule has 0 spiro atoms. The van der Waals surface area contributed by atoms with Crippen LogP contribution >= 0.6 is 11.6 Å². The Bertz CT molecular complexity index is 862. The molecule has 0 fully saturated rings. The Balaban J connectivity index is 2.15. The maximum absolute atomic E-state index is 13.7. The molecule has 4 nitrogen and oxygen atoms in total. The zero-order valence-electron chi connectivity index (χ0n) is 10.0. The maximum atomic E-state index is 13.7. The molecule has 2 aromatic carbocycles. The summed E-state index contributed by atoms with van der Waals surface area (Å²) in [5, 5.41) is 0.0534. The van der Waals surface area contributed by atoms with Crippen LogP contribution in [0.5, 0.6) is 0 Å². The van der Waals surface area contributed by atoms with Crippen molar-refractivity contribution in [2.24, 2.45) is 0 Å². The molecule has 0 saturated heterocycles. The Labute approximate surface area is 117 Å². The lowest BCUT2D eigenvalue weighted by atomic mass is 10.0. The van der Waals surface area contributed by atoms with Crippen molar-refractivity contribution < 1.29 is 9.18 Å². The number of aromatic nitrogens is 2. The van der Waals surface area contributed by atoms with Gasteiger partial charge in [0.05, 0.1) is 21.6 Å². The summed E-state index contributed by atoms with van der Waals surface area (Å²) in [6, 6.07) is 8.64. The van der Waals surface area contributed by atoms with Gasteiger partial charge in [-0.25, -0.2) is 9.18 Å². The molecular weight excluding hydrogens is 283 g/mol. The minimum Gasteiger partial charge on any atom is -0.306 e. The third-order valence-corrected chi connectivity index (χ3v) is 3.28. The van der Waals surface area contributed by atoms with E-state index in [1.165, 1.54) is 30.3 Å². The number of benzene rings is 2. The van der Waals surface area contributed by atoms with Crippen LogP contribution in [0.1, 0.15) is 15.9 Å². The number of aromatic amines is 2. The first-order chi connectivity index (χ1) is 9.56. The van der Waals surface area contributed by atoms with Crippen molar-refractivity contribution in [2.75, 3.05) is 0 Å². The van der Waals surface area contributed by atoms with Gasteiger partial charge in [-0.15, -0.1) is 0 Å². The normalized spacial score (nSPS) is 10.9. The smallest absolute Gasteiger partial charge is 0.306 e. The van der Waals surface area contributed by atoms with Gasteiger partial charge in [-0.1, -0.05) is 17.7 Å². The quantitative estimate of drug-likeness (QED) is 0.713.